The van der Waals surface area contributed by atoms with Crippen LogP contribution < -0.4 is 4.74 Å². The maximum atomic E-state index is 12.8. The van der Waals surface area contributed by atoms with Crippen molar-refractivity contribution < 1.29 is 13.9 Å². The SMILES string of the molecule is O=C(c1ccc(COc2cccc(Cl)c2Cl)o1)N1CCN(Cc2ccccc2)CC1. The van der Waals surface area contributed by atoms with Crippen molar-refractivity contribution in [3.8, 4) is 5.75 Å². The van der Waals surface area contributed by atoms with Gasteiger partial charge in [0.25, 0.3) is 5.91 Å². The fraction of sp³-hybridized carbons (Fsp3) is 0.261. The van der Waals surface area contributed by atoms with Gasteiger partial charge in [-0.2, -0.15) is 0 Å². The number of carbonyl (C=O) groups excluding carboxylic acids is 1. The first-order valence-electron chi connectivity index (χ1n) is 9.81. The molecule has 0 unspecified atom stereocenters. The summed E-state index contributed by atoms with van der Waals surface area (Å²) in [4.78, 5) is 17.0. The minimum Gasteiger partial charge on any atom is -0.484 e. The highest BCUT2D eigenvalue weighted by atomic mass is 35.5. The van der Waals surface area contributed by atoms with Gasteiger partial charge in [-0.1, -0.05) is 59.6 Å². The van der Waals surface area contributed by atoms with Crippen molar-refractivity contribution in [3.05, 3.63) is 87.8 Å². The Morgan fingerprint density at radius 3 is 2.47 bits per heavy atom. The van der Waals surface area contributed by atoms with Gasteiger partial charge in [0, 0.05) is 32.7 Å². The average Bonchev–Trinajstić information content (AvgIpc) is 3.25. The first-order chi connectivity index (χ1) is 14.6. The van der Waals surface area contributed by atoms with Crippen molar-refractivity contribution in [2.24, 2.45) is 0 Å². The van der Waals surface area contributed by atoms with Gasteiger partial charge in [-0.3, -0.25) is 9.69 Å². The highest BCUT2D eigenvalue weighted by molar-refractivity contribution is 6.42. The largest absolute Gasteiger partial charge is 0.484 e. The van der Waals surface area contributed by atoms with Crippen LogP contribution in [0.15, 0.2) is 65.1 Å². The molecular weight excluding hydrogens is 423 g/mol. The van der Waals surface area contributed by atoms with Gasteiger partial charge >= 0.3 is 0 Å². The fourth-order valence-electron chi connectivity index (χ4n) is 3.42. The smallest absolute Gasteiger partial charge is 0.289 e. The quantitative estimate of drug-likeness (QED) is 0.528. The van der Waals surface area contributed by atoms with E-state index in [1.54, 1.807) is 30.3 Å². The Hall–Kier alpha value is -2.47. The minimum atomic E-state index is -0.0959. The Morgan fingerprint density at radius 2 is 1.70 bits per heavy atom. The number of hydrogen-bond donors (Lipinski definition) is 0. The lowest BCUT2D eigenvalue weighted by molar-refractivity contribution is 0.0594. The third-order valence-electron chi connectivity index (χ3n) is 5.07. The summed E-state index contributed by atoms with van der Waals surface area (Å²) in [6, 6.07) is 19.0. The van der Waals surface area contributed by atoms with Gasteiger partial charge < -0.3 is 14.1 Å². The number of nitrogens with zero attached hydrogens (tertiary/aromatic N) is 2. The monoisotopic (exact) mass is 444 g/mol. The van der Waals surface area contributed by atoms with Crippen LogP contribution in [-0.2, 0) is 13.2 Å². The molecule has 7 heteroatoms. The molecule has 1 amide bonds. The van der Waals surface area contributed by atoms with E-state index in [4.69, 9.17) is 32.4 Å². The van der Waals surface area contributed by atoms with Crippen LogP contribution in [0.5, 0.6) is 5.75 Å². The molecule has 3 aromatic rings. The van der Waals surface area contributed by atoms with E-state index in [0.29, 0.717) is 40.4 Å². The van der Waals surface area contributed by atoms with E-state index in [2.05, 4.69) is 17.0 Å². The molecule has 1 aromatic heterocycles. The van der Waals surface area contributed by atoms with Gasteiger partial charge in [0.05, 0.1) is 5.02 Å². The molecule has 0 radical (unpaired) electrons. The van der Waals surface area contributed by atoms with Crippen LogP contribution in [0.1, 0.15) is 21.9 Å². The zero-order valence-corrected chi connectivity index (χ0v) is 17.9. The summed E-state index contributed by atoms with van der Waals surface area (Å²) in [5.74, 6) is 1.25. The number of halogens is 2. The Kier molecular flexibility index (Phi) is 6.62. The van der Waals surface area contributed by atoms with Gasteiger partial charge in [-0.25, -0.2) is 0 Å². The summed E-state index contributed by atoms with van der Waals surface area (Å²) < 4.78 is 11.4. The maximum absolute atomic E-state index is 12.8. The number of hydrogen-bond acceptors (Lipinski definition) is 4. The molecule has 2 heterocycles. The van der Waals surface area contributed by atoms with Gasteiger partial charge in [0.1, 0.15) is 23.1 Å². The molecule has 1 aliphatic rings. The molecule has 156 valence electrons. The zero-order valence-electron chi connectivity index (χ0n) is 16.4. The Morgan fingerprint density at radius 1 is 0.933 bits per heavy atom. The van der Waals surface area contributed by atoms with E-state index >= 15 is 0 Å². The van der Waals surface area contributed by atoms with Crippen LogP contribution in [0.4, 0.5) is 0 Å². The number of rotatable bonds is 6. The number of piperazine rings is 1. The Balaban J connectivity index is 1.29. The molecule has 0 bridgehead atoms. The van der Waals surface area contributed by atoms with Crippen molar-refractivity contribution in [1.82, 2.24) is 9.80 Å². The van der Waals surface area contributed by atoms with E-state index in [9.17, 15) is 4.79 Å². The molecule has 0 saturated carbocycles. The number of amides is 1. The summed E-state index contributed by atoms with van der Waals surface area (Å²) in [6.07, 6.45) is 0. The molecule has 0 spiro atoms. The van der Waals surface area contributed by atoms with E-state index in [-0.39, 0.29) is 12.5 Å². The van der Waals surface area contributed by atoms with Gasteiger partial charge in [-0.05, 0) is 29.8 Å². The fourth-order valence-corrected chi connectivity index (χ4v) is 3.77. The van der Waals surface area contributed by atoms with Crippen molar-refractivity contribution >= 4 is 29.1 Å². The molecule has 5 nitrogen and oxygen atoms in total. The van der Waals surface area contributed by atoms with Crippen LogP contribution in [-0.4, -0.2) is 41.9 Å². The molecule has 1 fully saturated rings. The molecule has 30 heavy (non-hydrogen) atoms. The summed E-state index contributed by atoms with van der Waals surface area (Å²) in [7, 11) is 0. The lowest BCUT2D eigenvalue weighted by Crippen LogP contribution is -2.48. The third kappa shape index (κ3) is 4.98. The van der Waals surface area contributed by atoms with Gasteiger partial charge in [-0.15, -0.1) is 0 Å². The molecular formula is C23H22Cl2N2O3. The second-order valence-corrected chi connectivity index (χ2v) is 7.95. The highest BCUT2D eigenvalue weighted by Gasteiger charge is 2.24. The molecule has 2 aromatic carbocycles. The highest BCUT2D eigenvalue weighted by Crippen LogP contribution is 2.32. The number of benzene rings is 2. The number of ether oxygens (including phenoxy) is 1. The summed E-state index contributed by atoms with van der Waals surface area (Å²) in [5, 5.41) is 0.784. The van der Waals surface area contributed by atoms with Gasteiger partial charge in [0.15, 0.2) is 5.76 Å². The van der Waals surface area contributed by atoms with Crippen LogP contribution in [0, 0.1) is 0 Å². The predicted octanol–water partition coefficient (Wildman–Crippen LogP) is 5.12. The molecule has 1 aliphatic heterocycles. The van der Waals surface area contributed by atoms with Crippen molar-refractivity contribution in [3.63, 3.8) is 0 Å². The molecule has 0 atom stereocenters. The third-order valence-corrected chi connectivity index (χ3v) is 5.87. The van der Waals surface area contributed by atoms with E-state index in [1.807, 2.05) is 23.1 Å². The Labute approximate surface area is 185 Å². The van der Waals surface area contributed by atoms with E-state index in [0.717, 1.165) is 19.6 Å². The van der Waals surface area contributed by atoms with Crippen LogP contribution in [0.2, 0.25) is 10.0 Å². The van der Waals surface area contributed by atoms with E-state index < -0.39 is 0 Å². The number of furan rings is 1. The first-order valence-corrected chi connectivity index (χ1v) is 10.6. The average molecular weight is 445 g/mol. The van der Waals surface area contributed by atoms with Crippen molar-refractivity contribution in [1.29, 1.82) is 0 Å². The topological polar surface area (TPSA) is 45.9 Å². The van der Waals surface area contributed by atoms with Crippen LogP contribution in [0.25, 0.3) is 0 Å². The standard InChI is InChI=1S/C23H22Cl2N2O3/c24-19-7-4-8-20(22(19)25)29-16-18-9-10-21(30-18)23(28)27-13-11-26(12-14-27)15-17-5-2-1-3-6-17/h1-10H,11-16H2. The van der Waals surface area contributed by atoms with Crippen LogP contribution >= 0.6 is 23.2 Å². The lowest BCUT2D eigenvalue weighted by Gasteiger charge is -2.34. The zero-order chi connectivity index (χ0) is 20.9. The van der Waals surface area contributed by atoms with Crippen molar-refractivity contribution in [2.45, 2.75) is 13.2 Å². The van der Waals surface area contributed by atoms with Crippen molar-refractivity contribution in [2.75, 3.05) is 26.2 Å². The first kappa shape index (κ1) is 20.8. The molecule has 1 saturated heterocycles. The maximum Gasteiger partial charge on any atom is 0.289 e. The summed E-state index contributed by atoms with van der Waals surface area (Å²) in [6.45, 7) is 4.09. The number of carbonyl (C=O) groups is 1. The van der Waals surface area contributed by atoms with Crippen LogP contribution in [0.3, 0.4) is 0 Å². The normalized spacial score (nSPS) is 14.7. The van der Waals surface area contributed by atoms with Gasteiger partial charge in [0.2, 0.25) is 0 Å². The minimum absolute atomic E-state index is 0.0959. The Bertz CT molecular complexity index is 999. The van der Waals surface area contributed by atoms with E-state index in [1.165, 1.54) is 5.56 Å². The summed E-state index contributed by atoms with van der Waals surface area (Å²) in [5.41, 5.74) is 1.28. The predicted molar refractivity (Wildman–Crippen MR) is 117 cm³/mol. The summed E-state index contributed by atoms with van der Waals surface area (Å²) >= 11 is 12.1. The molecule has 0 aliphatic carbocycles. The second kappa shape index (κ2) is 9.56. The molecule has 0 N–H and O–H groups in total. The second-order valence-electron chi connectivity index (χ2n) is 7.16. The molecule has 4 rings (SSSR count). The lowest BCUT2D eigenvalue weighted by atomic mass is 10.2.